The molecule has 9 heteroatoms. The largest absolute Gasteiger partial charge is 0.497 e. The van der Waals surface area contributed by atoms with Gasteiger partial charge >= 0.3 is 0 Å². The molecule has 192 valence electrons. The molecule has 36 heavy (non-hydrogen) atoms. The number of nitrogens with zero attached hydrogens (tertiary/aromatic N) is 6. The summed E-state index contributed by atoms with van der Waals surface area (Å²) in [5.41, 5.74) is 1.94. The monoisotopic (exact) mass is 494 g/mol. The molecule has 8 nitrogen and oxygen atoms in total. The van der Waals surface area contributed by atoms with Gasteiger partial charge in [-0.25, -0.2) is 9.07 Å². The molecular weight excluding hydrogens is 459 g/mol. The number of methoxy groups -OCH3 is 2. The number of hydrogen-bond acceptors (Lipinski definition) is 7. The third kappa shape index (κ3) is 5.37. The first-order chi connectivity index (χ1) is 17.7. The molecule has 1 aromatic heterocycles. The predicted molar refractivity (Wildman–Crippen MR) is 135 cm³/mol. The van der Waals surface area contributed by atoms with Crippen LogP contribution in [0.25, 0.3) is 0 Å². The van der Waals surface area contributed by atoms with E-state index in [0.717, 1.165) is 54.6 Å². The molecule has 0 radical (unpaired) electrons. The van der Waals surface area contributed by atoms with Gasteiger partial charge in [0.25, 0.3) is 0 Å². The molecule has 0 amide bonds. The number of halogens is 1. The van der Waals surface area contributed by atoms with E-state index in [1.807, 2.05) is 22.9 Å². The number of piperazine rings is 1. The van der Waals surface area contributed by atoms with Crippen molar-refractivity contribution in [2.24, 2.45) is 0 Å². The van der Waals surface area contributed by atoms with Crippen LogP contribution in [0.3, 0.4) is 0 Å². The van der Waals surface area contributed by atoms with E-state index in [0.29, 0.717) is 12.6 Å². The van der Waals surface area contributed by atoms with Gasteiger partial charge in [0.1, 0.15) is 23.4 Å². The van der Waals surface area contributed by atoms with E-state index < -0.39 is 0 Å². The molecule has 3 aromatic rings. The van der Waals surface area contributed by atoms with Crippen LogP contribution in [0.2, 0.25) is 0 Å². The fourth-order valence-corrected chi connectivity index (χ4v) is 5.63. The summed E-state index contributed by atoms with van der Waals surface area (Å²) < 4.78 is 26.5. The minimum Gasteiger partial charge on any atom is -0.497 e. The highest BCUT2D eigenvalue weighted by Crippen LogP contribution is 2.37. The Labute approximate surface area is 212 Å². The van der Waals surface area contributed by atoms with Crippen LogP contribution in [0.5, 0.6) is 11.5 Å². The van der Waals surface area contributed by atoms with Crippen molar-refractivity contribution >= 4 is 0 Å². The molecule has 1 aliphatic carbocycles. The summed E-state index contributed by atoms with van der Waals surface area (Å²) in [6, 6.07) is 12.9. The Balaban J connectivity index is 1.45. The van der Waals surface area contributed by atoms with Crippen molar-refractivity contribution < 1.29 is 13.9 Å². The van der Waals surface area contributed by atoms with Crippen LogP contribution < -0.4 is 9.47 Å². The van der Waals surface area contributed by atoms with Crippen LogP contribution in [-0.2, 0) is 6.54 Å². The Bertz CT molecular complexity index is 1120. The zero-order valence-corrected chi connectivity index (χ0v) is 21.1. The summed E-state index contributed by atoms with van der Waals surface area (Å²) >= 11 is 0. The third-order valence-electron chi connectivity index (χ3n) is 7.59. The maximum absolute atomic E-state index is 13.5. The second kappa shape index (κ2) is 11.3. The maximum Gasteiger partial charge on any atom is 0.173 e. The van der Waals surface area contributed by atoms with E-state index in [2.05, 4.69) is 25.3 Å². The number of aromatic nitrogens is 4. The molecule has 1 saturated heterocycles. The van der Waals surface area contributed by atoms with Crippen LogP contribution in [0.15, 0.2) is 42.5 Å². The van der Waals surface area contributed by atoms with Crippen molar-refractivity contribution in [3.8, 4) is 11.5 Å². The van der Waals surface area contributed by atoms with Crippen molar-refractivity contribution in [1.29, 1.82) is 0 Å². The van der Waals surface area contributed by atoms with E-state index in [9.17, 15) is 4.39 Å². The minimum absolute atomic E-state index is 0.185. The molecule has 2 heterocycles. The van der Waals surface area contributed by atoms with Gasteiger partial charge in [0, 0.05) is 43.9 Å². The molecule has 1 aliphatic heterocycles. The molecule has 0 spiro atoms. The van der Waals surface area contributed by atoms with Gasteiger partial charge in [-0.15, -0.1) is 5.10 Å². The van der Waals surface area contributed by atoms with Gasteiger partial charge < -0.3 is 9.47 Å². The summed E-state index contributed by atoms with van der Waals surface area (Å²) in [6.07, 6.45) is 6.67. The molecule has 5 rings (SSSR count). The second-order valence-electron chi connectivity index (χ2n) is 9.70. The van der Waals surface area contributed by atoms with Crippen molar-refractivity contribution in [2.75, 3.05) is 40.4 Å². The lowest BCUT2D eigenvalue weighted by atomic mass is 9.93. The quantitative estimate of drug-likeness (QED) is 0.470. The first kappa shape index (κ1) is 24.6. The number of hydrogen-bond donors (Lipinski definition) is 0. The van der Waals surface area contributed by atoms with Gasteiger partial charge in [0.15, 0.2) is 5.82 Å². The second-order valence-corrected chi connectivity index (χ2v) is 9.70. The third-order valence-corrected chi connectivity index (χ3v) is 7.59. The lowest BCUT2D eigenvalue weighted by Gasteiger charge is -2.43. The molecule has 0 N–H and O–H groups in total. The van der Waals surface area contributed by atoms with Gasteiger partial charge in [0.05, 0.1) is 20.8 Å². The first-order valence-electron chi connectivity index (χ1n) is 12.9. The van der Waals surface area contributed by atoms with Crippen LogP contribution >= 0.6 is 0 Å². The van der Waals surface area contributed by atoms with Crippen molar-refractivity contribution in [1.82, 2.24) is 30.0 Å². The Morgan fingerprint density at radius 2 is 1.69 bits per heavy atom. The molecule has 2 fully saturated rings. The minimum atomic E-state index is -0.257. The molecule has 1 atom stereocenters. The summed E-state index contributed by atoms with van der Waals surface area (Å²) in [4.78, 5) is 5.12. The van der Waals surface area contributed by atoms with Crippen molar-refractivity contribution in [2.45, 2.75) is 50.7 Å². The summed E-state index contributed by atoms with van der Waals surface area (Å²) in [5.74, 6) is 1.97. The van der Waals surface area contributed by atoms with Gasteiger partial charge in [0.2, 0.25) is 0 Å². The van der Waals surface area contributed by atoms with E-state index in [-0.39, 0.29) is 11.9 Å². The van der Waals surface area contributed by atoms with Crippen molar-refractivity contribution in [3.05, 3.63) is 65.2 Å². The maximum atomic E-state index is 13.5. The molecule has 1 unspecified atom stereocenters. The zero-order chi connectivity index (χ0) is 24.9. The summed E-state index contributed by atoms with van der Waals surface area (Å²) in [7, 11) is 3.33. The highest BCUT2D eigenvalue weighted by Gasteiger charge is 2.34. The van der Waals surface area contributed by atoms with Gasteiger partial charge in [-0.2, -0.15) is 0 Å². The highest BCUT2D eigenvalue weighted by molar-refractivity contribution is 5.44. The fraction of sp³-hybridized carbons (Fsp3) is 0.519. The first-order valence-corrected chi connectivity index (χ1v) is 12.9. The van der Waals surface area contributed by atoms with E-state index in [4.69, 9.17) is 9.47 Å². The molecule has 2 aliphatic rings. The summed E-state index contributed by atoms with van der Waals surface area (Å²) in [5, 5.41) is 12.8. The average Bonchev–Trinajstić information content (AvgIpc) is 3.38. The van der Waals surface area contributed by atoms with E-state index >= 15 is 0 Å². The standard InChI is InChI=1S/C27H35FN6O2/c1-35-23-12-13-24(25(18-23)36-2)26(33-16-14-32(15-17-33)22-6-4-3-5-7-22)27-29-30-31-34(27)19-20-8-10-21(28)11-9-20/h8-13,18,22,26H,3-7,14-17,19H2,1-2H3. The van der Waals surface area contributed by atoms with Crippen LogP contribution in [0, 0.1) is 5.82 Å². The molecule has 0 bridgehead atoms. The SMILES string of the molecule is COc1ccc(C(c2nnnn2Cc2ccc(F)cc2)N2CCN(C3CCCCC3)CC2)c(OC)c1. The average molecular weight is 495 g/mol. The van der Waals surface area contributed by atoms with Crippen LogP contribution in [0.1, 0.15) is 55.1 Å². The number of ether oxygens (including phenoxy) is 2. The number of tetrazole rings is 1. The fourth-order valence-electron chi connectivity index (χ4n) is 5.63. The summed E-state index contributed by atoms with van der Waals surface area (Å²) in [6.45, 7) is 4.34. The van der Waals surface area contributed by atoms with Crippen LogP contribution in [-0.4, -0.2) is 76.4 Å². The smallest absolute Gasteiger partial charge is 0.173 e. The number of rotatable bonds is 8. The van der Waals surface area contributed by atoms with Gasteiger partial charge in [-0.1, -0.05) is 31.4 Å². The Hall–Kier alpha value is -3.04. The predicted octanol–water partition coefficient (Wildman–Crippen LogP) is 3.92. The molecular formula is C27H35FN6O2. The highest BCUT2D eigenvalue weighted by atomic mass is 19.1. The molecule has 2 aromatic carbocycles. The Kier molecular flexibility index (Phi) is 7.77. The van der Waals surface area contributed by atoms with E-state index in [1.165, 1.54) is 44.2 Å². The van der Waals surface area contributed by atoms with E-state index in [1.54, 1.807) is 26.4 Å². The van der Waals surface area contributed by atoms with Gasteiger partial charge in [-0.05, 0) is 53.1 Å². The normalized spacial score (nSPS) is 18.8. The topological polar surface area (TPSA) is 68.5 Å². The zero-order valence-electron chi connectivity index (χ0n) is 21.1. The van der Waals surface area contributed by atoms with Gasteiger partial charge in [-0.3, -0.25) is 9.80 Å². The lowest BCUT2D eigenvalue weighted by molar-refractivity contribution is 0.0615. The lowest BCUT2D eigenvalue weighted by Crippen LogP contribution is -2.52. The molecule has 1 saturated carbocycles. The number of benzene rings is 2. The van der Waals surface area contributed by atoms with Crippen molar-refractivity contribution in [3.63, 3.8) is 0 Å². The van der Waals surface area contributed by atoms with Crippen LogP contribution in [0.4, 0.5) is 4.39 Å². The Morgan fingerprint density at radius 3 is 2.39 bits per heavy atom. The Morgan fingerprint density at radius 1 is 0.944 bits per heavy atom.